The molecule has 0 heterocycles. The number of ether oxygens (including phenoxy) is 2. The van der Waals surface area contributed by atoms with Crippen LogP contribution in [0.2, 0.25) is 0 Å². The summed E-state index contributed by atoms with van der Waals surface area (Å²) in [5.41, 5.74) is 16.1. The second kappa shape index (κ2) is 21.4. The summed E-state index contributed by atoms with van der Waals surface area (Å²) in [5, 5.41) is 0. The maximum absolute atomic E-state index is 6.19. The predicted molar refractivity (Wildman–Crippen MR) is 233 cm³/mol. The minimum absolute atomic E-state index is 0.0344. The van der Waals surface area contributed by atoms with Crippen LogP contribution in [-0.4, -0.2) is 0 Å². The molecule has 4 nitrogen and oxygen atoms in total. The van der Waals surface area contributed by atoms with Gasteiger partial charge in [0.05, 0.1) is 0 Å². The van der Waals surface area contributed by atoms with E-state index < -0.39 is 0 Å². The fourth-order valence-corrected chi connectivity index (χ4v) is 9.86. The van der Waals surface area contributed by atoms with Crippen molar-refractivity contribution in [1.82, 2.24) is 0 Å². The highest BCUT2D eigenvalue weighted by Gasteiger charge is 2.41. The summed E-state index contributed by atoms with van der Waals surface area (Å²) in [6.07, 6.45) is 30.9. The molecule has 296 valence electrons. The van der Waals surface area contributed by atoms with Crippen LogP contribution in [0.5, 0.6) is 23.0 Å². The fraction of sp³-hybridized carbons (Fsp3) is 0.529. The Balaban J connectivity index is 0.988. The zero-order valence-electron chi connectivity index (χ0n) is 34.0. The van der Waals surface area contributed by atoms with Gasteiger partial charge < -0.3 is 20.9 Å². The number of hydrogen-bond acceptors (Lipinski definition) is 4. The third-order valence-electron chi connectivity index (χ3n) is 13.2. The second-order valence-electron chi connectivity index (χ2n) is 17.1. The van der Waals surface area contributed by atoms with Crippen molar-refractivity contribution in [3.63, 3.8) is 0 Å². The number of anilines is 2. The first-order valence-electron chi connectivity index (χ1n) is 22.3. The molecular weight excluding hydrogens is 673 g/mol. The highest BCUT2D eigenvalue weighted by atomic mass is 16.5. The van der Waals surface area contributed by atoms with Crippen LogP contribution in [0.1, 0.15) is 159 Å². The first-order chi connectivity index (χ1) is 27.0. The third-order valence-corrected chi connectivity index (χ3v) is 13.2. The number of unbranched alkanes of at least 4 members (excludes halogenated alkanes) is 12. The van der Waals surface area contributed by atoms with Gasteiger partial charge in [-0.1, -0.05) is 146 Å². The van der Waals surface area contributed by atoms with Crippen molar-refractivity contribution < 1.29 is 9.47 Å². The second-order valence-corrected chi connectivity index (χ2v) is 17.1. The van der Waals surface area contributed by atoms with Gasteiger partial charge in [0.1, 0.15) is 23.0 Å². The molecule has 0 saturated heterocycles. The molecule has 0 spiro atoms. The Labute approximate surface area is 333 Å². The lowest BCUT2D eigenvalue weighted by atomic mass is 9.60. The molecule has 55 heavy (non-hydrogen) atoms. The molecule has 0 unspecified atom stereocenters. The Kier molecular flexibility index (Phi) is 15.8. The molecule has 2 fully saturated rings. The van der Waals surface area contributed by atoms with Crippen LogP contribution < -0.4 is 20.9 Å². The molecule has 0 aromatic heterocycles. The topological polar surface area (TPSA) is 70.5 Å². The highest BCUT2D eigenvalue weighted by molar-refractivity contribution is 5.48. The lowest BCUT2D eigenvalue weighted by Gasteiger charge is -2.44. The molecule has 0 bridgehead atoms. The standard InChI is InChI=1S/C51H70N2O2/c1-2-3-4-5-6-7-8-9-10-11-12-13-14-17-40-22-24-41(25-23-40)42-34-36-51(37-35-42,43-26-30-47(31-27-43)54-49-20-15-18-45(52)38-49)44-28-32-48(33-29-44)55-50-21-16-19-46(53)39-50/h15-16,18-21,26-33,38-42H,2-14,17,22-25,34-37,52-53H2,1H3/t40-,41-. The first-order valence-corrected chi connectivity index (χ1v) is 22.3. The smallest absolute Gasteiger partial charge is 0.129 e. The Hall–Kier alpha value is -3.92. The van der Waals surface area contributed by atoms with Gasteiger partial charge in [-0.2, -0.15) is 0 Å². The molecule has 2 aliphatic rings. The average molecular weight is 743 g/mol. The number of nitrogens with two attached hydrogens (primary N) is 2. The van der Waals surface area contributed by atoms with Crippen molar-refractivity contribution in [2.45, 2.75) is 154 Å². The van der Waals surface area contributed by atoms with Crippen LogP contribution in [0.15, 0.2) is 97.1 Å². The summed E-state index contributed by atoms with van der Waals surface area (Å²) in [6, 6.07) is 33.0. The van der Waals surface area contributed by atoms with Crippen molar-refractivity contribution in [3.8, 4) is 23.0 Å². The zero-order valence-corrected chi connectivity index (χ0v) is 34.0. The molecule has 0 atom stereocenters. The maximum atomic E-state index is 6.19. The van der Waals surface area contributed by atoms with E-state index in [-0.39, 0.29) is 5.41 Å². The van der Waals surface area contributed by atoms with Gasteiger partial charge in [0.2, 0.25) is 0 Å². The molecule has 4 heteroatoms. The van der Waals surface area contributed by atoms with E-state index in [1.807, 2.05) is 48.5 Å². The predicted octanol–water partition coefficient (Wildman–Crippen LogP) is 15.2. The van der Waals surface area contributed by atoms with E-state index in [0.29, 0.717) is 11.4 Å². The number of rotatable bonds is 21. The van der Waals surface area contributed by atoms with E-state index in [9.17, 15) is 0 Å². The monoisotopic (exact) mass is 743 g/mol. The molecule has 4 N–H and O–H groups in total. The molecular formula is C51H70N2O2. The van der Waals surface area contributed by atoms with E-state index in [1.54, 1.807) is 0 Å². The summed E-state index contributed by atoms with van der Waals surface area (Å²) in [4.78, 5) is 0. The molecule has 2 saturated carbocycles. The van der Waals surface area contributed by atoms with Gasteiger partial charge in [0.25, 0.3) is 0 Å². The molecule has 0 amide bonds. The van der Waals surface area contributed by atoms with Crippen LogP contribution in [0.25, 0.3) is 0 Å². The molecule has 0 aliphatic heterocycles. The van der Waals surface area contributed by atoms with Crippen molar-refractivity contribution in [1.29, 1.82) is 0 Å². The summed E-state index contributed by atoms with van der Waals surface area (Å²) in [6.45, 7) is 2.30. The third kappa shape index (κ3) is 12.3. The van der Waals surface area contributed by atoms with Gasteiger partial charge >= 0.3 is 0 Å². The summed E-state index contributed by atoms with van der Waals surface area (Å²) < 4.78 is 12.4. The van der Waals surface area contributed by atoms with Gasteiger partial charge in [0, 0.05) is 28.9 Å². The van der Waals surface area contributed by atoms with E-state index in [2.05, 4.69) is 55.5 Å². The lowest BCUT2D eigenvalue weighted by Crippen LogP contribution is -2.35. The zero-order chi connectivity index (χ0) is 38.1. The molecule has 2 aliphatic carbocycles. The molecule has 6 rings (SSSR count). The van der Waals surface area contributed by atoms with Crippen molar-refractivity contribution >= 4 is 11.4 Å². The first kappa shape index (κ1) is 40.7. The van der Waals surface area contributed by atoms with E-state index in [1.165, 1.54) is 152 Å². The van der Waals surface area contributed by atoms with E-state index >= 15 is 0 Å². The normalized spacial score (nSPS) is 18.6. The Morgan fingerprint density at radius 3 is 1.33 bits per heavy atom. The van der Waals surface area contributed by atoms with Crippen LogP contribution >= 0.6 is 0 Å². The summed E-state index contributed by atoms with van der Waals surface area (Å²) in [5.74, 6) is 5.88. The van der Waals surface area contributed by atoms with Crippen LogP contribution in [0, 0.1) is 17.8 Å². The quantitative estimate of drug-likeness (QED) is 0.0659. The fourth-order valence-electron chi connectivity index (χ4n) is 9.86. The van der Waals surface area contributed by atoms with Gasteiger partial charge in [0.15, 0.2) is 0 Å². The number of nitrogen functional groups attached to an aromatic ring is 2. The van der Waals surface area contributed by atoms with Crippen molar-refractivity contribution in [2.24, 2.45) is 17.8 Å². The summed E-state index contributed by atoms with van der Waals surface area (Å²) >= 11 is 0. The highest BCUT2D eigenvalue weighted by Crippen LogP contribution is 2.51. The van der Waals surface area contributed by atoms with Crippen LogP contribution in [0.3, 0.4) is 0 Å². The number of hydrogen-bond donors (Lipinski definition) is 2. The van der Waals surface area contributed by atoms with Crippen molar-refractivity contribution in [3.05, 3.63) is 108 Å². The van der Waals surface area contributed by atoms with Crippen LogP contribution in [-0.2, 0) is 5.41 Å². The van der Waals surface area contributed by atoms with Crippen molar-refractivity contribution in [2.75, 3.05) is 11.5 Å². The maximum Gasteiger partial charge on any atom is 0.129 e. The minimum atomic E-state index is -0.0344. The van der Waals surface area contributed by atoms with E-state index in [0.717, 1.165) is 40.8 Å². The Morgan fingerprint density at radius 1 is 0.473 bits per heavy atom. The average Bonchev–Trinajstić information content (AvgIpc) is 3.21. The van der Waals surface area contributed by atoms with Crippen LogP contribution in [0.4, 0.5) is 11.4 Å². The summed E-state index contributed by atoms with van der Waals surface area (Å²) in [7, 11) is 0. The van der Waals surface area contributed by atoms with Gasteiger partial charge in [-0.25, -0.2) is 0 Å². The Morgan fingerprint density at radius 2 is 0.891 bits per heavy atom. The minimum Gasteiger partial charge on any atom is -0.457 e. The number of benzene rings is 4. The molecule has 4 aromatic carbocycles. The van der Waals surface area contributed by atoms with Gasteiger partial charge in [-0.3, -0.25) is 0 Å². The molecule has 4 aromatic rings. The van der Waals surface area contributed by atoms with Gasteiger partial charge in [-0.05, 0) is 116 Å². The van der Waals surface area contributed by atoms with Gasteiger partial charge in [-0.15, -0.1) is 0 Å². The largest absolute Gasteiger partial charge is 0.457 e. The van der Waals surface area contributed by atoms with E-state index in [4.69, 9.17) is 20.9 Å². The lowest BCUT2D eigenvalue weighted by molar-refractivity contribution is 0.140. The Bertz CT molecular complexity index is 1570. The SMILES string of the molecule is CCCCCCCCCCCCCCC[C@H]1CC[C@H](C2CCC(c3ccc(Oc4cccc(N)c4)cc3)(c3ccc(Oc4cccc(N)c4)cc3)CC2)CC1. The molecule has 0 radical (unpaired) electrons.